The van der Waals surface area contributed by atoms with Crippen molar-refractivity contribution in [2.45, 2.75) is 31.7 Å². The van der Waals surface area contributed by atoms with Gasteiger partial charge in [-0.15, -0.1) is 0 Å². The van der Waals surface area contributed by atoms with Crippen LogP contribution >= 0.6 is 15.9 Å². The summed E-state index contributed by atoms with van der Waals surface area (Å²) in [5.41, 5.74) is 0. The van der Waals surface area contributed by atoms with E-state index in [9.17, 15) is 4.79 Å². The molecule has 1 aromatic rings. The average Bonchev–Trinajstić information content (AvgIpc) is 2.49. The smallest absolute Gasteiger partial charge is 0.308 e. The summed E-state index contributed by atoms with van der Waals surface area (Å²) in [7, 11) is 3.01. The van der Waals surface area contributed by atoms with Gasteiger partial charge in [0.15, 0.2) is 0 Å². The van der Waals surface area contributed by atoms with E-state index in [1.54, 1.807) is 13.3 Å². The predicted octanol–water partition coefficient (Wildman–Crippen LogP) is 2.39. The largest absolute Gasteiger partial charge is 0.480 e. The van der Waals surface area contributed by atoms with E-state index in [2.05, 4.69) is 31.2 Å². The number of nitrogens with zero attached hydrogens (tertiary/aromatic N) is 2. The molecule has 0 saturated heterocycles. The van der Waals surface area contributed by atoms with Gasteiger partial charge in [0.2, 0.25) is 11.8 Å². The van der Waals surface area contributed by atoms with E-state index in [0.717, 1.165) is 30.2 Å². The fourth-order valence-electron chi connectivity index (χ4n) is 2.39. The highest BCUT2D eigenvalue weighted by molar-refractivity contribution is 9.10. The molecule has 0 spiro atoms. The summed E-state index contributed by atoms with van der Waals surface area (Å²) >= 11 is 3.32. The highest BCUT2D eigenvalue weighted by Gasteiger charge is 2.27. The third-order valence-electron chi connectivity index (χ3n) is 3.50. The molecule has 0 aromatic carbocycles. The molecule has 1 fully saturated rings. The fourth-order valence-corrected chi connectivity index (χ4v) is 2.74. The molecule has 0 aliphatic heterocycles. The van der Waals surface area contributed by atoms with Gasteiger partial charge in [0.05, 0.1) is 30.8 Å². The standard InChI is InChI=1S/C13H18BrN3O3/c1-19-11-10(14)7-15-13(17-11)16-9-5-3-8(4-6-9)12(18)20-2/h7-9H,3-6H2,1-2H3,(H,15,16,17). The van der Waals surface area contributed by atoms with Crippen LogP contribution in [0.15, 0.2) is 10.7 Å². The first kappa shape index (κ1) is 15.0. The minimum Gasteiger partial charge on any atom is -0.480 e. The van der Waals surface area contributed by atoms with E-state index >= 15 is 0 Å². The summed E-state index contributed by atoms with van der Waals surface area (Å²) < 4.78 is 10.6. The van der Waals surface area contributed by atoms with Gasteiger partial charge in [-0.25, -0.2) is 4.98 Å². The van der Waals surface area contributed by atoms with Crippen molar-refractivity contribution in [1.82, 2.24) is 9.97 Å². The number of anilines is 1. The van der Waals surface area contributed by atoms with Crippen LogP contribution in [0.5, 0.6) is 5.88 Å². The summed E-state index contributed by atoms with van der Waals surface area (Å²) in [5, 5.41) is 3.29. The van der Waals surface area contributed by atoms with Crippen molar-refractivity contribution in [1.29, 1.82) is 0 Å². The van der Waals surface area contributed by atoms with Crippen LogP contribution in [0, 0.1) is 5.92 Å². The third kappa shape index (κ3) is 3.59. The second-order valence-corrected chi connectivity index (χ2v) is 5.62. The lowest BCUT2D eigenvalue weighted by Gasteiger charge is -2.27. The summed E-state index contributed by atoms with van der Waals surface area (Å²) in [6, 6.07) is 0.279. The molecule has 1 aromatic heterocycles. The van der Waals surface area contributed by atoms with Gasteiger partial charge in [-0.2, -0.15) is 4.98 Å². The molecule has 1 aliphatic rings. The average molecular weight is 344 g/mol. The van der Waals surface area contributed by atoms with E-state index in [1.807, 2.05) is 0 Å². The first-order valence-electron chi connectivity index (χ1n) is 6.55. The third-order valence-corrected chi connectivity index (χ3v) is 4.04. The molecule has 1 heterocycles. The van der Waals surface area contributed by atoms with Crippen LogP contribution in [0.1, 0.15) is 25.7 Å². The minimum atomic E-state index is -0.106. The maximum absolute atomic E-state index is 11.5. The minimum absolute atomic E-state index is 0.0263. The number of hydrogen-bond acceptors (Lipinski definition) is 6. The quantitative estimate of drug-likeness (QED) is 0.846. The van der Waals surface area contributed by atoms with E-state index in [4.69, 9.17) is 9.47 Å². The first-order valence-corrected chi connectivity index (χ1v) is 7.34. The van der Waals surface area contributed by atoms with Crippen molar-refractivity contribution in [2.75, 3.05) is 19.5 Å². The number of halogens is 1. The van der Waals surface area contributed by atoms with Gasteiger partial charge in [-0.05, 0) is 41.6 Å². The highest BCUT2D eigenvalue weighted by Crippen LogP contribution is 2.28. The number of esters is 1. The predicted molar refractivity (Wildman–Crippen MR) is 77.7 cm³/mol. The summed E-state index contributed by atoms with van der Waals surface area (Å²) in [5.74, 6) is 0.973. The lowest BCUT2D eigenvalue weighted by Crippen LogP contribution is -2.30. The van der Waals surface area contributed by atoms with Crippen LogP contribution in [-0.4, -0.2) is 36.2 Å². The summed E-state index contributed by atoms with van der Waals surface area (Å²) in [6.07, 6.45) is 5.13. The number of ether oxygens (including phenoxy) is 2. The maximum Gasteiger partial charge on any atom is 0.308 e. The van der Waals surface area contributed by atoms with Crippen LogP contribution in [0.2, 0.25) is 0 Å². The van der Waals surface area contributed by atoms with Gasteiger partial charge in [-0.1, -0.05) is 0 Å². The van der Waals surface area contributed by atoms with Crippen LogP contribution in [0.25, 0.3) is 0 Å². The Morgan fingerprint density at radius 3 is 2.65 bits per heavy atom. The molecule has 2 rings (SSSR count). The molecule has 110 valence electrons. The lowest BCUT2D eigenvalue weighted by molar-refractivity contribution is -0.146. The Labute approximate surface area is 126 Å². The Bertz CT molecular complexity index is 476. The summed E-state index contributed by atoms with van der Waals surface area (Å²) in [4.78, 5) is 19.9. The van der Waals surface area contributed by atoms with Crippen molar-refractivity contribution in [2.24, 2.45) is 5.92 Å². The SMILES string of the molecule is COC(=O)C1CCC(Nc2ncc(Br)c(OC)n2)CC1. The number of carbonyl (C=O) groups is 1. The molecule has 0 radical (unpaired) electrons. The zero-order valence-electron chi connectivity index (χ0n) is 11.6. The van der Waals surface area contributed by atoms with Crippen molar-refractivity contribution in [3.05, 3.63) is 10.7 Å². The Kier molecular flexibility index (Phi) is 5.17. The molecule has 0 amide bonds. The number of methoxy groups -OCH3 is 2. The molecule has 1 N–H and O–H groups in total. The first-order chi connectivity index (χ1) is 9.63. The molecule has 1 aliphatic carbocycles. The van der Waals surface area contributed by atoms with Gasteiger partial charge in [0.1, 0.15) is 0 Å². The number of hydrogen-bond donors (Lipinski definition) is 1. The zero-order chi connectivity index (χ0) is 14.5. The van der Waals surface area contributed by atoms with Crippen molar-refractivity contribution in [3.63, 3.8) is 0 Å². The molecule has 7 heteroatoms. The van der Waals surface area contributed by atoms with Gasteiger partial charge in [0.25, 0.3) is 0 Å². The Balaban J connectivity index is 1.91. The molecular weight excluding hydrogens is 326 g/mol. The fraction of sp³-hybridized carbons (Fsp3) is 0.615. The molecule has 0 unspecified atom stereocenters. The van der Waals surface area contributed by atoms with Gasteiger partial charge in [-0.3, -0.25) is 4.79 Å². The van der Waals surface area contributed by atoms with E-state index in [0.29, 0.717) is 11.8 Å². The van der Waals surface area contributed by atoms with Crippen molar-refractivity contribution >= 4 is 27.8 Å². The van der Waals surface area contributed by atoms with Crippen LogP contribution < -0.4 is 10.1 Å². The molecule has 0 atom stereocenters. The van der Waals surface area contributed by atoms with Crippen molar-refractivity contribution in [3.8, 4) is 5.88 Å². The zero-order valence-corrected chi connectivity index (χ0v) is 13.1. The Morgan fingerprint density at radius 1 is 1.35 bits per heavy atom. The highest BCUT2D eigenvalue weighted by atomic mass is 79.9. The molecule has 6 nitrogen and oxygen atoms in total. The lowest BCUT2D eigenvalue weighted by atomic mass is 9.86. The van der Waals surface area contributed by atoms with Crippen LogP contribution in [0.4, 0.5) is 5.95 Å². The van der Waals surface area contributed by atoms with Gasteiger partial charge in [0, 0.05) is 6.04 Å². The Hall–Kier alpha value is -1.37. The van der Waals surface area contributed by atoms with Gasteiger partial charge < -0.3 is 14.8 Å². The number of rotatable bonds is 4. The number of nitrogens with one attached hydrogen (secondary N) is 1. The van der Waals surface area contributed by atoms with E-state index in [-0.39, 0.29) is 17.9 Å². The second-order valence-electron chi connectivity index (χ2n) is 4.77. The second kappa shape index (κ2) is 6.88. The van der Waals surface area contributed by atoms with Crippen molar-refractivity contribution < 1.29 is 14.3 Å². The molecule has 20 heavy (non-hydrogen) atoms. The number of carbonyl (C=O) groups excluding carboxylic acids is 1. The van der Waals surface area contributed by atoms with Crippen LogP contribution in [-0.2, 0) is 9.53 Å². The van der Waals surface area contributed by atoms with Gasteiger partial charge >= 0.3 is 5.97 Å². The Morgan fingerprint density at radius 2 is 2.05 bits per heavy atom. The molecular formula is C13H18BrN3O3. The molecule has 1 saturated carbocycles. The van der Waals surface area contributed by atoms with E-state index < -0.39 is 0 Å². The topological polar surface area (TPSA) is 73.3 Å². The van der Waals surface area contributed by atoms with E-state index in [1.165, 1.54) is 7.11 Å². The molecule has 0 bridgehead atoms. The maximum atomic E-state index is 11.5. The van der Waals surface area contributed by atoms with Crippen LogP contribution in [0.3, 0.4) is 0 Å². The summed E-state index contributed by atoms with van der Waals surface area (Å²) in [6.45, 7) is 0. The normalized spacial score (nSPS) is 22.1. The monoisotopic (exact) mass is 343 g/mol. The number of aromatic nitrogens is 2.